The van der Waals surface area contributed by atoms with Crippen LogP contribution in [0.4, 0.5) is 5.82 Å². The lowest BCUT2D eigenvalue weighted by Crippen LogP contribution is -2.21. The van der Waals surface area contributed by atoms with Crippen LogP contribution in [0.2, 0.25) is 0 Å². The Balaban J connectivity index is 0.000000885. The highest BCUT2D eigenvalue weighted by atomic mass is 16.1. The van der Waals surface area contributed by atoms with Crippen LogP contribution in [-0.4, -0.2) is 23.7 Å². The Kier molecular flexibility index (Phi) is 8.84. The Morgan fingerprint density at radius 2 is 2.00 bits per heavy atom. The van der Waals surface area contributed by atoms with E-state index < -0.39 is 5.91 Å². The van der Waals surface area contributed by atoms with Crippen molar-refractivity contribution in [1.29, 1.82) is 5.41 Å². The number of rotatable bonds is 5. The Hall–Kier alpha value is -2.69. The van der Waals surface area contributed by atoms with E-state index in [4.69, 9.17) is 5.41 Å². The van der Waals surface area contributed by atoms with Crippen molar-refractivity contribution in [3.63, 3.8) is 0 Å². The summed E-state index contributed by atoms with van der Waals surface area (Å²) in [6, 6.07) is 5.32. The van der Waals surface area contributed by atoms with Gasteiger partial charge in [0.15, 0.2) is 0 Å². The average Bonchev–Trinajstić information content (AvgIpc) is 2.47. The average molecular weight is 286 g/mol. The van der Waals surface area contributed by atoms with Crippen LogP contribution in [0, 0.1) is 12.3 Å². The highest BCUT2D eigenvalue weighted by Crippen LogP contribution is 2.04. The van der Waals surface area contributed by atoms with E-state index in [2.05, 4.69) is 28.8 Å². The summed E-state index contributed by atoms with van der Waals surface area (Å²) >= 11 is 0. The molecule has 0 unspecified atom stereocenters. The molecule has 1 rings (SSSR count). The highest BCUT2D eigenvalue weighted by molar-refractivity contribution is 6.45. The predicted molar refractivity (Wildman–Crippen MR) is 88.5 cm³/mol. The lowest BCUT2D eigenvalue weighted by molar-refractivity contribution is -0.110. The molecule has 1 amide bonds. The number of pyridine rings is 1. The first-order chi connectivity index (χ1) is 9.94. The molecule has 0 spiro atoms. The Morgan fingerprint density at radius 3 is 2.48 bits per heavy atom. The smallest absolute Gasteiger partial charge is 0.274 e. The summed E-state index contributed by atoms with van der Waals surface area (Å²) in [6.45, 7) is 10.5. The van der Waals surface area contributed by atoms with Gasteiger partial charge in [0.25, 0.3) is 5.91 Å². The molecule has 5 heteroatoms. The van der Waals surface area contributed by atoms with Gasteiger partial charge in [-0.1, -0.05) is 25.3 Å². The second-order valence-corrected chi connectivity index (χ2v) is 4.12. The molecule has 3 N–H and O–H groups in total. The third-order valence-corrected chi connectivity index (χ3v) is 2.27. The second kappa shape index (κ2) is 10.1. The lowest BCUT2D eigenvalue weighted by Gasteiger charge is -2.04. The monoisotopic (exact) mass is 286 g/mol. The third kappa shape index (κ3) is 8.15. The van der Waals surface area contributed by atoms with E-state index >= 15 is 0 Å². The fourth-order valence-electron chi connectivity index (χ4n) is 1.15. The molecule has 0 aliphatic rings. The van der Waals surface area contributed by atoms with Gasteiger partial charge in [-0.3, -0.25) is 10.2 Å². The van der Waals surface area contributed by atoms with Gasteiger partial charge in [0, 0.05) is 12.7 Å². The number of allylic oxidation sites excluding steroid dienone is 2. The van der Waals surface area contributed by atoms with Crippen LogP contribution in [0.5, 0.6) is 0 Å². The number of hydrogen-bond donors (Lipinski definition) is 3. The maximum absolute atomic E-state index is 11.6. The van der Waals surface area contributed by atoms with Crippen LogP contribution < -0.4 is 10.6 Å². The predicted octanol–water partition coefficient (Wildman–Crippen LogP) is 2.83. The van der Waals surface area contributed by atoms with Gasteiger partial charge in [-0.05, 0) is 43.8 Å². The first kappa shape index (κ1) is 18.3. The summed E-state index contributed by atoms with van der Waals surface area (Å²) in [6.07, 6.45) is 4.67. The Morgan fingerprint density at radius 1 is 1.38 bits per heavy atom. The van der Waals surface area contributed by atoms with Crippen LogP contribution in [0.3, 0.4) is 0 Å². The molecule has 1 aromatic rings. The first-order valence-corrected chi connectivity index (χ1v) is 6.37. The number of carbonyl (C=O) groups is 1. The van der Waals surface area contributed by atoms with Crippen LogP contribution in [0.25, 0.3) is 0 Å². The zero-order valence-electron chi connectivity index (χ0n) is 12.7. The lowest BCUT2D eigenvalue weighted by atomic mass is 10.2. The molecule has 0 atom stereocenters. The maximum atomic E-state index is 11.6. The fourth-order valence-corrected chi connectivity index (χ4v) is 1.15. The van der Waals surface area contributed by atoms with Crippen LogP contribution in [-0.2, 0) is 4.79 Å². The van der Waals surface area contributed by atoms with E-state index in [0.29, 0.717) is 5.82 Å². The summed E-state index contributed by atoms with van der Waals surface area (Å²) in [5.41, 5.74) is 1.46. The number of amides is 1. The van der Waals surface area contributed by atoms with Gasteiger partial charge >= 0.3 is 0 Å². The molecule has 0 aliphatic heterocycles. The normalized spacial score (nSPS) is 9.76. The minimum absolute atomic E-state index is 0.120. The number of anilines is 1. The first-order valence-electron chi connectivity index (χ1n) is 6.37. The summed E-state index contributed by atoms with van der Waals surface area (Å²) in [7, 11) is 1.81. The van der Waals surface area contributed by atoms with Gasteiger partial charge in [-0.15, -0.1) is 0 Å². The molecule has 0 bridgehead atoms. The van der Waals surface area contributed by atoms with Crippen LogP contribution in [0.15, 0.2) is 55.3 Å². The summed E-state index contributed by atoms with van der Waals surface area (Å²) in [5, 5.41) is 12.8. The molecule has 112 valence electrons. The largest absolute Gasteiger partial charge is 0.394 e. The molecule has 0 saturated carbocycles. The van der Waals surface area contributed by atoms with Gasteiger partial charge in [0.2, 0.25) is 0 Å². The molecular formula is C16H22N4O. The number of nitrogens with one attached hydrogen (secondary N) is 3. The molecule has 1 heterocycles. The number of carbonyl (C=O) groups excluding carboxylic acids is 1. The van der Waals surface area contributed by atoms with Gasteiger partial charge in [-0.25, -0.2) is 4.98 Å². The van der Waals surface area contributed by atoms with E-state index in [9.17, 15) is 4.79 Å². The van der Waals surface area contributed by atoms with Gasteiger partial charge < -0.3 is 10.6 Å². The standard InChI is InChI=1S/C13H15N3O.C3H7N/c1-4-9(2)8-11(14)13(17)16-12-7-5-6-10(3)15-12;1-3-4-2/h4-8,14H,1H2,2-3H3,(H,15,16,17);3-4H,1H2,2H3/b9-8-,14-11?;. The molecule has 5 nitrogen and oxygen atoms in total. The van der Waals surface area contributed by atoms with Crippen LogP contribution >= 0.6 is 0 Å². The van der Waals surface area contributed by atoms with Gasteiger partial charge in [0.1, 0.15) is 11.5 Å². The van der Waals surface area contributed by atoms with Crippen LogP contribution in [0.1, 0.15) is 12.6 Å². The van der Waals surface area contributed by atoms with Crippen molar-refractivity contribution >= 4 is 17.4 Å². The summed E-state index contributed by atoms with van der Waals surface area (Å²) in [4.78, 5) is 15.7. The SMILES string of the molecule is C=C/C(C)=C\C(=N)C(=O)Nc1cccc(C)n1.C=CNC. The van der Waals surface area contributed by atoms with E-state index in [1.54, 1.807) is 31.3 Å². The number of hydrogen-bond acceptors (Lipinski definition) is 4. The molecule has 0 radical (unpaired) electrons. The molecule has 1 aromatic heterocycles. The highest BCUT2D eigenvalue weighted by Gasteiger charge is 2.07. The minimum atomic E-state index is -0.482. The Labute approximate surface area is 126 Å². The van der Waals surface area contributed by atoms with Crippen molar-refractivity contribution < 1.29 is 4.79 Å². The van der Waals surface area contributed by atoms with E-state index in [-0.39, 0.29) is 5.71 Å². The molecule has 21 heavy (non-hydrogen) atoms. The molecule has 0 fully saturated rings. The zero-order valence-corrected chi connectivity index (χ0v) is 12.7. The van der Waals surface area contributed by atoms with E-state index in [1.807, 2.05) is 20.0 Å². The minimum Gasteiger partial charge on any atom is -0.394 e. The van der Waals surface area contributed by atoms with Crippen molar-refractivity contribution in [3.8, 4) is 0 Å². The molecular weight excluding hydrogens is 264 g/mol. The second-order valence-electron chi connectivity index (χ2n) is 4.12. The van der Waals surface area contributed by atoms with Crippen molar-refractivity contribution in [2.45, 2.75) is 13.8 Å². The van der Waals surface area contributed by atoms with E-state index in [0.717, 1.165) is 11.3 Å². The fraction of sp³-hybridized carbons (Fsp3) is 0.188. The quantitative estimate of drug-likeness (QED) is 0.575. The number of nitrogens with zero attached hydrogens (tertiary/aromatic N) is 1. The zero-order chi connectivity index (χ0) is 16.3. The maximum Gasteiger partial charge on any atom is 0.274 e. The van der Waals surface area contributed by atoms with Crippen molar-refractivity contribution in [1.82, 2.24) is 10.3 Å². The molecule has 0 aromatic carbocycles. The number of aromatic nitrogens is 1. The number of aryl methyl sites for hydroxylation is 1. The van der Waals surface area contributed by atoms with Gasteiger partial charge in [0.05, 0.1) is 0 Å². The third-order valence-electron chi connectivity index (χ3n) is 2.27. The molecule has 0 aliphatic carbocycles. The Bertz CT molecular complexity index is 547. The van der Waals surface area contributed by atoms with E-state index in [1.165, 1.54) is 6.08 Å². The van der Waals surface area contributed by atoms with Crippen molar-refractivity contribution in [2.24, 2.45) is 0 Å². The van der Waals surface area contributed by atoms with Gasteiger partial charge in [-0.2, -0.15) is 0 Å². The molecule has 0 saturated heterocycles. The summed E-state index contributed by atoms with van der Waals surface area (Å²) in [5.74, 6) is -0.0336. The van der Waals surface area contributed by atoms with Crippen molar-refractivity contribution in [2.75, 3.05) is 12.4 Å². The topological polar surface area (TPSA) is 77.9 Å². The summed E-state index contributed by atoms with van der Waals surface area (Å²) < 4.78 is 0. The van der Waals surface area contributed by atoms with Crippen molar-refractivity contribution in [3.05, 3.63) is 61.0 Å².